The topological polar surface area (TPSA) is 107 Å². The van der Waals surface area contributed by atoms with Gasteiger partial charge in [-0.3, -0.25) is 14.8 Å². The monoisotopic (exact) mass is 530 g/mol. The van der Waals surface area contributed by atoms with Gasteiger partial charge in [0.1, 0.15) is 11.6 Å². The van der Waals surface area contributed by atoms with E-state index < -0.39 is 5.82 Å². The molecule has 0 spiro atoms. The first-order valence-electron chi connectivity index (χ1n) is 13.5. The number of fused-ring (bicyclic) bond motifs is 3. The Morgan fingerprint density at radius 2 is 1.79 bits per heavy atom. The minimum Gasteiger partial charge on any atom is -0.464 e. The molecule has 3 aliphatic rings. The smallest absolute Gasteiger partial charge is 0.320 e. The van der Waals surface area contributed by atoms with Crippen molar-refractivity contribution in [3.05, 3.63) is 59.7 Å². The number of benzene rings is 1. The maximum Gasteiger partial charge on any atom is 0.320 e. The first-order chi connectivity index (χ1) is 19.1. The fourth-order valence-corrected chi connectivity index (χ4v) is 6.10. The maximum atomic E-state index is 14.1. The number of hydrogen-bond donors (Lipinski definition) is 1. The molecule has 6 heterocycles. The number of piperazine rings is 1. The minimum atomic E-state index is -0.440. The van der Waals surface area contributed by atoms with Gasteiger partial charge >= 0.3 is 6.01 Å². The van der Waals surface area contributed by atoms with Crippen molar-refractivity contribution in [2.24, 2.45) is 0 Å². The number of halogens is 1. The van der Waals surface area contributed by atoms with Crippen molar-refractivity contribution in [1.29, 1.82) is 0 Å². The number of pyridine rings is 1. The zero-order valence-electron chi connectivity index (χ0n) is 21.8. The summed E-state index contributed by atoms with van der Waals surface area (Å²) in [5.41, 5.74) is 10.1. The molecule has 10 nitrogen and oxygen atoms in total. The van der Waals surface area contributed by atoms with Gasteiger partial charge in [0.05, 0.1) is 38.6 Å². The maximum absolute atomic E-state index is 14.1. The predicted molar refractivity (Wildman–Crippen MR) is 144 cm³/mol. The molecule has 3 aromatic heterocycles. The van der Waals surface area contributed by atoms with Crippen molar-refractivity contribution in [3.63, 3.8) is 0 Å². The highest BCUT2D eigenvalue weighted by molar-refractivity contribution is 5.85. The highest BCUT2D eigenvalue weighted by atomic mass is 19.1. The van der Waals surface area contributed by atoms with E-state index >= 15 is 0 Å². The summed E-state index contributed by atoms with van der Waals surface area (Å²) >= 11 is 0. The van der Waals surface area contributed by atoms with E-state index in [1.807, 2.05) is 11.5 Å². The standard InChI is InChI=1S/C28H31FN8O2/c1-2-39-28-33-25(30)24-27(34-28)37(26(32-24)19-7-20(29)10-31-9-19)12-18-5-3-17(4-6-18)11-35-13-22-8-21(35)14-36(22)23-15-38-16-23/h3-7,9-10,21-23H,2,8,11-16H2,1H3,(H2,30,33,34)/t21-,22-/m0/s1. The van der Waals surface area contributed by atoms with Crippen LogP contribution < -0.4 is 10.5 Å². The molecule has 39 heavy (non-hydrogen) atoms. The van der Waals surface area contributed by atoms with Crippen LogP contribution in [-0.4, -0.2) is 85.3 Å². The normalized spacial score (nSPS) is 21.6. The summed E-state index contributed by atoms with van der Waals surface area (Å²) in [4.78, 5) is 22.8. The van der Waals surface area contributed by atoms with Crippen LogP contribution in [0.4, 0.5) is 10.2 Å². The Morgan fingerprint density at radius 3 is 2.46 bits per heavy atom. The zero-order chi connectivity index (χ0) is 26.5. The quantitative estimate of drug-likeness (QED) is 0.368. The van der Waals surface area contributed by atoms with E-state index in [0.29, 0.717) is 53.8 Å². The molecule has 0 amide bonds. The Labute approximate surface area is 225 Å². The second kappa shape index (κ2) is 9.82. The van der Waals surface area contributed by atoms with Gasteiger partial charge < -0.3 is 19.8 Å². The Hall–Kier alpha value is -3.67. The lowest BCUT2D eigenvalue weighted by Gasteiger charge is -2.42. The second-order valence-corrected chi connectivity index (χ2v) is 10.6. The Balaban J connectivity index is 1.14. The number of ether oxygens (including phenoxy) is 2. The fraction of sp³-hybridized carbons (Fsp3) is 0.429. The summed E-state index contributed by atoms with van der Waals surface area (Å²) < 4.78 is 26.9. The fourth-order valence-electron chi connectivity index (χ4n) is 6.10. The van der Waals surface area contributed by atoms with Gasteiger partial charge in [0.15, 0.2) is 17.0 Å². The van der Waals surface area contributed by atoms with Crippen molar-refractivity contribution >= 4 is 17.0 Å². The van der Waals surface area contributed by atoms with E-state index in [0.717, 1.165) is 38.4 Å². The third kappa shape index (κ3) is 4.50. The van der Waals surface area contributed by atoms with Crippen LogP contribution in [0.15, 0.2) is 42.7 Å². The molecule has 0 saturated carbocycles. The molecule has 3 saturated heterocycles. The minimum absolute atomic E-state index is 0.186. The molecule has 2 N–H and O–H groups in total. The molecule has 0 unspecified atom stereocenters. The van der Waals surface area contributed by atoms with Gasteiger partial charge in [0, 0.05) is 43.5 Å². The van der Waals surface area contributed by atoms with Crippen molar-refractivity contribution in [1.82, 2.24) is 34.3 Å². The van der Waals surface area contributed by atoms with Crippen LogP contribution in [0, 0.1) is 5.82 Å². The van der Waals surface area contributed by atoms with Crippen LogP contribution in [0.25, 0.3) is 22.6 Å². The van der Waals surface area contributed by atoms with Gasteiger partial charge in [-0.2, -0.15) is 9.97 Å². The van der Waals surface area contributed by atoms with E-state index in [4.69, 9.17) is 15.2 Å². The van der Waals surface area contributed by atoms with E-state index in [2.05, 4.69) is 54.0 Å². The van der Waals surface area contributed by atoms with Gasteiger partial charge in [-0.15, -0.1) is 0 Å². The number of rotatable bonds is 8. The summed E-state index contributed by atoms with van der Waals surface area (Å²) in [5.74, 6) is 0.293. The molecule has 3 aliphatic heterocycles. The van der Waals surface area contributed by atoms with Crippen molar-refractivity contribution in [2.75, 3.05) is 38.6 Å². The molecule has 0 aliphatic carbocycles. The molecule has 7 rings (SSSR count). The molecule has 1 aromatic carbocycles. The van der Waals surface area contributed by atoms with Gasteiger partial charge in [-0.25, -0.2) is 9.37 Å². The number of nitrogen functional groups attached to an aromatic ring is 1. The molecule has 202 valence electrons. The average molecular weight is 531 g/mol. The van der Waals surface area contributed by atoms with Crippen molar-refractivity contribution in [3.8, 4) is 17.4 Å². The largest absolute Gasteiger partial charge is 0.464 e. The SMILES string of the molecule is CCOc1nc(N)c2nc(-c3cncc(F)c3)n(Cc3ccc(CN4C[C@@H]5C[C@H]4CN5C4COC4)cc3)c2n1. The van der Waals surface area contributed by atoms with Gasteiger partial charge in [0.25, 0.3) is 0 Å². The predicted octanol–water partition coefficient (Wildman–Crippen LogP) is 2.71. The van der Waals surface area contributed by atoms with Crippen LogP contribution in [0.5, 0.6) is 6.01 Å². The summed E-state index contributed by atoms with van der Waals surface area (Å²) in [7, 11) is 0. The van der Waals surface area contributed by atoms with Crippen molar-refractivity contribution < 1.29 is 13.9 Å². The van der Waals surface area contributed by atoms with Crippen LogP contribution in [0.1, 0.15) is 24.5 Å². The summed E-state index contributed by atoms with van der Waals surface area (Å²) in [6.07, 6.45) is 4.01. The molecule has 3 fully saturated rings. The lowest BCUT2D eigenvalue weighted by molar-refractivity contribution is -0.0804. The molecule has 2 bridgehead atoms. The van der Waals surface area contributed by atoms with E-state index in [1.165, 1.54) is 24.2 Å². The lowest BCUT2D eigenvalue weighted by Crippen LogP contribution is -2.56. The number of imidazole rings is 1. The summed E-state index contributed by atoms with van der Waals surface area (Å²) in [6.45, 7) is 7.74. The summed E-state index contributed by atoms with van der Waals surface area (Å²) in [6, 6.07) is 12.1. The lowest BCUT2D eigenvalue weighted by atomic mass is 10.1. The van der Waals surface area contributed by atoms with Gasteiger partial charge in [-0.1, -0.05) is 24.3 Å². The average Bonchev–Trinajstić information content (AvgIpc) is 3.58. The van der Waals surface area contributed by atoms with Gasteiger partial charge in [0.2, 0.25) is 0 Å². The number of anilines is 1. The highest BCUT2D eigenvalue weighted by Gasteiger charge is 2.46. The molecule has 4 aromatic rings. The molecular formula is C28H31FN8O2. The van der Waals surface area contributed by atoms with E-state index in [9.17, 15) is 4.39 Å². The Bertz CT molecular complexity index is 1510. The van der Waals surface area contributed by atoms with E-state index in [-0.39, 0.29) is 11.8 Å². The van der Waals surface area contributed by atoms with Crippen LogP contribution >= 0.6 is 0 Å². The Kier molecular flexibility index (Phi) is 6.14. The molecular weight excluding hydrogens is 499 g/mol. The van der Waals surface area contributed by atoms with E-state index in [1.54, 1.807) is 6.20 Å². The number of nitrogens with zero attached hydrogens (tertiary/aromatic N) is 7. The third-order valence-corrected chi connectivity index (χ3v) is 8.07. The number of nitrogens with two attached hydrogens (primary N) is 1. The van der Waals surface area contributed by atoms with Crippen LogP contribution in [0.3, 0.4) is 0 Å². The Morgan fingerprint density at radius 1 is 1.00 bits per heavy atom. The van der Waals surface area contributed by atoms with Crippen LogP contribution in [0.2, 0.25) is 0 Å². The number of hydrogen-bond acceptors (Lipinski definition) is 9. The van der Waals surface area contributed by atoms with Crippen LogP contribution in [-0.2, 0) is 17.8 Å². The summed E-state index contributed by atoms with van der Waals surface area (Å²) in [5, 5.41) is 0. The molecule has 2 atom stereocenters. The van der Waals surface area contributed by atoms with Gasteiger partial charge in [-0.05, 0) is 30.5 Å². The first kappa shape index (κ1) is 24.4. The number of likely N-dealkylation sites (tertiary alicyclic amines) is 2. The van der Waals surface area contributed by atoms with Crippen molar-refractivity contribution in [2.45, 2.75) is 44.6 Å². The third-order valence-electron chi connectivity index (χ3n) is 8.07. The highest BCUT2D eigenvalue weighted by Crippen LogP contribution is 2.35. The number of aromatic nitrogens is 5. The second-order valence-electron chi connectivity index (χ2n) is 10.6. The molecule has 11 heteroatoms. The first-order valence-corrected chi connectivity index (χ1v) is 13.5. The zero-order valence-corrected chi connectivity index (χ0v) is 21.8. The molecule has 0 radical (unpaired) electrons.